The first kappa shape index (κ1) is 15.9. The highest BCUT2D eigenvalue weighted by Gasteiger charge is 2.20. The Bertz CT molecular complexity index is 778. The monoisotopic (exact) mass is 373 g/mol. The number of sulfonamides is 1. The van der Waals surface area contributed by atoms with Gasteiger partial charge in [0.1, 0.15) is 10.7 Å². The first-order valence-corrected chi connectivity index (χ1v) is 8.29. The largest absolute Gasteiger partial charge is 0.392 e. The van der Waals surface area contributed by atoms with Crippen molar-refractivity contribution in [3.63, 3.8) is 0 Å². The van der Waals surface area contributed by atoms with Crippen LogP contribution in [0.4, 0.5) is 10.1 Å². The second kappa shape index (κ2) is 6.13. The van der Waals surface area contributed by atoms with Crippen LogP contribution in [0.15, 0.2) is 45.8 Å². The van der Waals surface area contributed by atoms with Crippen LogP contribution >= 0.6 is 15.9 Å². The van der Waals surface area contributed by atoms with E-state index in [9.17, 15) is 12.8 Å². The standard InChI is InChI=1S/C14H13BrFNO3S/c1-9-2-5-12(16)13(6-9)17-21(19,20)14-7-10(8-18)3-4-11(14)15/h2-7,17-18H,8H2,1H3. The summed E-state index contributed by atoms with van der Waals surface area (Å²) in [6, 6.07) is 8.61. The minimum atomic E-state index is -3.96. The molecule has 7 heteroatoms. The lowest BCUT2D eigenvalue weighted by Gasteiger charge is -2.12. The fourth-order valence-electron chi connectivity index (χ4n) is 1.77. The summed E-state index contributed by atoms with van der Waals surface area (Å²) < 4.78 is 41.0. The molecular formula is C14H13BrFNO3S. The summed E-state index contributed by atoms with van der Waals surface area (Å²) in [5.41, 5.74) is 1.07. The van der Waals surface area contributed by atoms with Crippen molar-refractivity contribution >= 4 is 31.6 Å². The molecule has 0 aliphatic rings. The molecule has 2 N–H and O–H groups in total. The van der Waals surface area contributed by atoms with E-state index in [0.717, 1.165) is 5.56 Å². The molecule has 2 aromatic carbocycles. The number of nitrogens with one attached hydrogen (secondary N) is 1. The summed E-state index contributed by atoms with van der Waals surface area (Å²) in [6.07, 6.45) is 0. The molecule has 0 aliphatic carbocycles. The normalized spacial score (nSPS) is 11.4. The number of aliphatic hydroxyl groups is 1. The molecule has 0 bridgehead atoms. The van der Waals surface area contributed by atoms with E-state index in [1.165, 1.54) is 24.3 Å². The van der Waals surface area contributed by atoms with Gasteiger partial charge in [0.2, 0.25) is 0 Å². The molecular weight excluding hydrogens is 361 g/mol. The van der Waals surface area contributed by atoms with Gasteiger partial charge in [-0.2, -0.15) is 0 Å². The lowest BCUT2D eigenvalue weighted by molar-refractivity contribution is 0.281. The fourth-order valence-corrected chi connectivity index (χ4v) is 3.84. The zero-order chi connectivity index (χ0) is 15.6. The van der Waals surface area contributed by atoms with Crippen molar-refractivity contribution in [3.05, 3.63) is 57.8 Å². The predicted molar refractivity (Wildman–Crippen MR) is 82.0 cm³/mol. The number of aryl methyl sites for hydroxylation is 1. The Morgan fingerprint density at radius 2 is 1.95 bits per heavy atom. The van der Waals surface area contributed by atoms with Crippen LogP contribution in [0.2, 0.25) is 0 Å². The summed E-state index contributed by atoms with van der Waals surface area (Å²) in [5.74, 6) is -0.654. The Morgan fingerprint density at radius 3 is 2.62 bits per heavy atom. The van der Waals surface area contributed by atoms with Gasteiger partial charge in [-0.15, -0.1) is 0 Å². The topological polar surface area (TPSA) is 66.4 Å². The van der Waals surface area contributed by atoms with Gasteiger partial charge in [-0.05, 0) is 58.2 Å². The summed E-state index contributed by atoms with van der Waals surface area (Å²) in [5, 5.41) is 9.10. The van der Waals surface area contributed by atoms with Crippen molar-refractivity contribution < 1.29 is 17.9 Å². The van der Waals surface area contributed by atoms with Gasteiger partial charge in [-0.3, -0.25) is 4.72 Å². The van der Waals surface area contributed by atoms with Crippen LogP contribution in [-0.4, -0.2) is 13.5 Å². The molecule has 0 saturated carbocycles. The van der Waals surface area contributed by atoms with Crippen molar-refractivity contribution in [3.8, 4) is 0 Å². The van der Waals surface area contributed by atoms with E-state index < -0.39 is 15.8 Å². The van der Waals surface area contributed by atoms with Crippen molar-refractivity contribution in [2.75, 3.05) is 4.72 Å². The smallest absolute Gasteiger partial charge is 0.263 e. The SMILES string of the molecule is Cc1ccc(F)c(NS(=O)(=O)c2cc(CO)ccc2Br)c1. The van der Waals surface area contributed by atoms with Gasteiger partial charge < -0.3 is 5.11 Å². The van der Waals surface area contributed by atoms with Gasteiger partial charge in [-0.25, -0.2) is 12.8 Å². The maximum atomic E-state index is 13.7. The molecule has 0 radical (unpaired) electrons. The summed E-state index contributed by atoms with van der Waals surface area (Å²) in [4.78, 5) is -0.0602. The van der Waals surface area contributed by atoms with E-state index in [1.807, 2.05) is 0 Å². The van der Waals surface area contributed by atoms with E-state index in [0.29, 0.717) is 10.0 Å². The van der Waals surface area contributed by atoms with E-state index in [4.69, 9.17) is 5.11 Å². The number of aliphatic hydroxyl groups excluding tert-OH is 1. The molecule has 0 atom stereocenters. The third-order valence-electron chi connectivity index (χ3n) is 2.83. The zero-order valence-corrected chi connectivity index (χ0v) is 13.5. The van der Waals surface area contributed by atoms with Gasteiger partial charge in [0, 0.05) is 4.47 Å². The van der Waals surface area contributed by atoms with Gasteiger partial charge in [-0.1, -0.05) is 12.1 Å². The molecule has 0 saturated heterocycles. The molecule has 0 spiro atoms. The van der Waals surface area contributed by atoms with Crippen molar-refractivity contribution in [2.45, 2.75) is 18.4 Å². The van der Waals surface area contributed by atoms with Crippen molar-refractivity contribution in [1.82, 2.24) is 0 Å². The molecule has 0 aromatic heterocycles. The highest BCUT2D eigenvalue weighted by Crippen LogP contribution is 2.26. The Balaban J connectivity index is 2.45. The highest BCUT2D eigenvalue weighted by molar-refractivity contribution is 9.10. The third-order valence-corrected chi connectivity index (χ3v) is 5.19. The lowest BCUT2D eigenvalue weighted by Crippen LogP contribution is -2.15. The summed E-state index contributed by atoms with van der Waals surface area (Å²) in [6.45, 7) is 1.45. The fraction of sp³-hybridized carbons (Fsp3) is 0.143. The average molecular weight is 374 g/mol. The van der Waals surface area contributed by atoms with E-state index in [-0.39, 0.29) is 17.2 Å². The molecule has 0 aliphatic heterocycles. The number of halogens is 2. The van der Waals surface area contributed by atoms with Crippen LogP contribution in [0.3, 0.4) is 0 Å². The summed E-state index contributed by atoms with van der Waals surface area (Å²) >= 11 is 3.15. The number of hydrogen-bond donors (Lipinski definition) is 2. The van der Waals surface area contributed by atoms with Crippen LogP contribution < -0.4 is 4.72 Å². The van der Waals surface area contributed by atoms with Crippen LogP contribution in [0.5, 0.6) is 0 Å². The maximum Gasteiger partial charge on any atom is 0.263 e. The van der Waals surface area contributed by atoms with Gasteiger partial charge in [0.25, 0.3) is 10.0 Å². The molecule has 2 rings (SSSR count). The average Bonchev–Trinajstić information content (AvgIpc) is 2.43. The zero-order valence-electron chi connectivity index (χ0n) is 11.1. The number of rotatable bonds is 4. The van der Waals surface area contributed by atoms with Gasteiger partial charge in [0.05, 0.1) is 12.3 Å². The molecule has 4 nitrogen and oxygen atoms in total. The maximum absolute atomic E-state index is 13.7. The van der Waals surface area contributed by atoms with Crippen LogP contribution in [-0.2, 0) is 16.6 Å². The molecule has 0 heterocycles. The molecule has 0 fully saturated rings. The second-order valence-corrected chi connectivity index (χ2v) is 7.02. The van der Waals surface area contributed by atoms with Crippen LogP contribution in [0, 0.1) is 12.7 Å². The Labute approximate surface area is 130 Å². The van der Waals surface area contributed by atoms with E-state index in [2.05, 4.69) is 20.7 Å². The first-order chi connectivity index (χ1) is 9.83. The van der Waals surface area contributed by atoms with E-state index in [1.54, 1.807) is 19.1 Å². The molecule has 21 heavy (non-hydrogen) atoms. The van der Waals surface area contributed by atoms with Crippen LogP contribution in [0.1, 0.15) is 11.1 Å². The molecule has 112 valence electrons. The Morgan fingerprint density at radius 1 is 1.24 bits per heavy atom. The van der Waals surface area contributed by atoms with E-state index >= 15 is 0 Å². The van der Waals surface area contributed by atoms with Gasteiger partial charge >= 0.3 is 0 Å². The summed E-state index contributed by atoms with van der Waals surface area (Å²) in [7, 11) is -3.96. The molecule has 2 aromatic rings. The van der Waals surface area contributed by atoms with Crippen LogP contribution in [0.25, 0.3) is 0 Å². The Kier molecular flexibility index (Phi) is 4.65. The van der Waals surface area contributed by atoms with Gasteiger partial charge in [0.15, 0.2) is 0 Å². The van der Waals surface area contributed by atoms with Crippen molar-refractivity contribution in [2.24, 2.45) is 0 Å². The molecule has 0 amide bonds. The van der Waals surface area contributed by atoms with Crippen molar-refractivity contribution in [1.29, 1.82) is 0 Å². The lowest BCUT2D eigenvalue weighted by atomic mass is 10.2. The minimum Gasteiger partial charge on any atom is -0.392 e. The minimum absolute atomic E-state index is 0.0602. The number of hydrogen-bond acceptors (Lipinski definition) is 3. The number of benzene rings is 2. The predicted octanol–water partition coefficient (Wildman–Crippen LogP) is 3.19. The number of anilines is 1. The second-order valence-electron chi connectivity index (χ2n) is 4.51. The Hall–Kier alpha value is -1.44. The third kappa shape index (κ3) is 3.61. The quantitative estimate of drug-likeness (QED) is 0.864. The molecule has 0 unspecified atom stereocenters. The first-order valence-electron chi connectivity index (χ1n) is 6.02. The highest BCUT2D eigenvalue weighted by atomic mass is 79.9.